The molecule has 0 amide bonds. The molecule has 1 heteroatoms. The molecule has 0 bridgehead atoms. The molecule has 1 rings (SSSR count). The van der Waals surface area contributed by atoms with Crippen molar-refractivity contribution in [3.8, 4) is 0 Å². The van der Waals surface area contributed by atoms with Crippen LogP contribution in [0.15, 0.2) is 22.8 Å². The monoisotopic (exact) mass is 152 g/mol. The highest BCUT2D eigenvalue weighted by Gasteiger charge is 2.00. The molecule has 1 atom stereocenters. The first-order valence-electron chi connectivity index (χ1n) is 4.35. The zero-order chi connectivity index (χ0) is 8.10. The normalized spacial score (nSPS) is 13.3. The van der Waals surface area contributed by atoms with Crippen LogP contribution in [0.25, 0.3) is 0 Å². The third kappa shape index (κ3) is 2.79. The largest absolute Gasteiger partial charge is 0.469 e. The minimum Gasteiger partial charge on any atom is -0.469 e. The first-order valence-corrected chi connectivity index (χ1v) is 4.35. The molecule has 0 saturated heterocycles. The molecule has 11 heavy (non-hydrogen) atoms. The maximum atomic E-state index is 5.23. The molecular weight excluding hydrogens is 136 g/mol. The summed E-state index contributed by atoms with van der Waals surface area (Å²) in [5.41, 5.74) is 0. The lowest BCUT2D eigenvalue weighted by atomic mass is 10.0. The van der Waals surface area contributed by atoms with Gasteiger partial charge in [-0.1, -0.05) is 20.3 Å². The highest BCUT2D eigenvalue weighted by atomic mass is 16.3. The van der Waals surface area contributed by atoms with Crippen LogP contribution < -0.4 is 0 Å². The van der Waals surface area contributed by atoms with E-state index in [1.807, 2.05) is 12.1 Å². The fourth-order valence-corrected chi connectivity index (χ4v) is 1.05. The molecule has 1 nitrogen and oxygen atoms in total. The maximum Gasteiger partial charge on any atom is 0.103 e. The van der Waals surface area contributed by atoms with Crippen molar-refractivity contribution >= 4 is 0 Å². The average molecular weight is 152 g/mol. The van der Waals surface area contributed by atoms with Crippen LogP contribution in [0.5, 0.6) is 0 Å². The fraction of sp³-hybridized carbons (Fsp3) is 0.600. The van der Waals surface area contributed by atoms with Gasteiger partial charge in [-0.25, -0.2) is 0 Å². The van der Waals surface area contributed by atoms with Gasteiger partial charge in [0.05, 0.1) is 6.26 Å². The van der Waals surface area contributed by atoms with Crippen LogP contribution in [0.1, 0.15) is 32.4 Å². The van der Waals surface area contributed by atoms with Gasteiger partial charge in [0, 0.05) is 6.42 Å². The van der Waals surface area contributed by atoms with Gasteiger partial charge >= 0.3 is 0 Å². The Hall–Kier alpha value is -0.720. The van der Waals surface area contributed by atoms with E-state index in [1.165, 1.54) is 12.8 Å². The van der Waals surface area contributed by atoms with Gasteiger partial charge in [-0.05, 0) is 24.5 Å². The Labute approximate surface area is 68.4 Å². The molecule has 0 fully saturated rings. The number of hydrogen-bond acceptors (Lipinski definition) is 1. The predicted octanol–water partition coefficient (Wildman–Crippen LogP) is 3.26. The summed E-state index contributed by atoms with van der Waals surface area (Å²) in [6, 6.07) is 3.99. The second kappa shape index (κ2) is 4.22. The van der Waals surface area contributed by atoms with E-state index in [0.29, 0.717) is 0 Å². The lowest BCUT2D eigenvalue weighted by Gasteiger charge is -2.04. The average Bonchev–Trinajstić information content (AvgIpc) is 2.52. The molecule has 1 heterocycles. The van der Waals surface area contributed by atoms with Crippen LogP contribution in [0.4, 0.5) is 0 Å². The molecule has 1 aromatic heterocycles. The lowest BCUT2D eigenvalue weighted by Crippen LogP contribution is -1.93. The molecule has 0 aliphatic heterocycles. The highest BCUT2D eigenvalue weighted by Crippen LogP contribution is 2.11. The smallest absolute Gasteiger partial charge is 0.103 e. The van der Waals surface area contributed by atoms with E-state index in [0.717, 1.165) is 18.1 Å². The SMILES string of the molecule is CCC(C)CCc1ccco1. The van der Waals surface area contributed by atoms with Crippen LogP contribution in [-0.2, 0) is 6.42 Å². The van der Waals surface area contributed by atoms with Crippen LogP contribution in [0.3, 0.4) is 0 Å². The summed E-state index contributed by atoms with van der Waals surface area (Å²) in [5, 5.41) is 0. The van der Waals surface area contributed by atoms with Crippen molar-refractivity contribution in [2.45, 2.75) is 33.1 Å². The zero-order valence-corrected chi connectivity index (χ0v) is 7.34. The van der Waals surface area contributed by atoms with Gasteiger partial charge in [0.25, 0.3) is 0 Å². The Kier molecular flexibility index (Phi) is 3.21. The Bertz CT molecular complexity index is 177. The second-order valence-corrected chi connectivity index (χ2v) is 3.13. The van der Waals surface area contributed by atoms with Crippen molar-refractivity contribution < 1.29 is 4.42 Å². The van der Waals surface area contributed by atoms with Crippen molar-refractivity contribution in [2.24, 2.45) is 5.92 Å². The van der Waals surface area contributed by atoms with Gasteiger partial charge in [0.15, 0.2) is 0 Å². The van der Waals surface area contributed by atoms with E-state index >= 15 is 0 Å². The Balaban J connectivity index is 2.23. The first kappa shape index (κ1) is 8.38. The number of aryl methyl sites for hydroxylation is 1. The van der Waals surface area contributed by atoms with Gasteiger partial charge in [-0.3, -0.25) is 0 Å². The van der Waals surface area contributed by atoms with Gasteiger partial charge in [0.2, 0.25) is 0 Å². The van der Waals surface area contributed by atoms with Gasteiger partial charge in [0.1, 0.15) is 5.76 Å². The highest BCUT2D eigenvalue weighted by molar-refractivity contribution is 4.97. The minimum absolute atomic E-state index is 0.820. The minimum atomic E-state index is 0.820. The number of hydrogen-bond donors (Lipinski definition) is 0. The molecule has 0 saturated carbocycles. The molecule has 1 unspecified atom stereocenters. The summed E-state index contributed by atoms with van der Waals surface area (Å²) >= 11 is 0. The molecule has 0 aliphatic rings. The van der Waals surface area contributed by atoms with Crippen molar-refractivity contribution in [3.05, 3.63) is 24.2 Å². The fourth-order valence-electron chi connectivity index (χ4n) is 1.05. The summed E-state index contributed by atoms with van der Waals surface area (Å²) in [4.78, 5) is 0. The molecule has 62 valence electrons. The third-order valence-electron chi connectivity index (χ3n) is 2.16. The third-order valence-corrected chi connectivity index (χ3v) is 2.16. The first-order chi connectivity index (χ1) is 5.33. The Morgan fingerprint density at radius 3 is 2.91 bits per heavy atom. The summed E-state index contributed by atoms with van der Waals surface area (Å²) in [6.45, 7) is 4.51. The molecule has 0 N–H and O–H groups in total. The van der Waals surface area contributed by atoms with E-state index in [1.54, 1.807) is 6.26 Å². The summed E-state index contributed by atoms with van der Waals surface area (Å²) in [5.74, 6) is 1.94. The van der Waals surface area contributed by atoms with E-state index in [-0.39, 0.29) is 0 Å². The number of rotatable bonds is 4. The summed E-state index contributed by atoms with van der Waals surface area (Å²) in [6.07, 6.45) is 5.33. The second-order valence-electron chi connectivity index (χ2n) is 3.13. The van der Waals surface area contributed by atoms with Crippen molar-refractivity contribution in [2.75, 3.05) is 0 Å². The van der Waals surface area contributed by atoms with E-state index in [2.05, 4.69) is 13.8 Å². The molecule has 1 aromatic rings. The maximum absolute atomic E-state index is 5.23. The molecule has 0 aliphatic carbocycles. The zero-order valence-electron chi connectivity index (χ0n) is 7.34. The van der Waals surface area contributed by atoms with E-state index in [9.17, 15) is 0 Å². The lowest BCUT2D eigenvalue weighted by molar-refractivity contribution is 0.454. The van der Waals surface area contributed by atoms with Crippen LogP contribution in [-0.4, -0.2) is 0 Å². The van der Waals surface area contributed by atoms with Gasteiger partial charge in [-0.2, -0.15) is 0 Å². The topological polar surface area (TPSA) is 13.1 Å². The molecule has 0 aromatic carbocycles. The van der Waals surface area contributed by atoms with E-state index < -0.39 is 0 Å². The Morgan fingerprint density at radius 2 is 2.36 bits per heavy atom. The molecule has 0 radical (unpaired) electrons. The van der Waals surface area contributed by atoms with E-state index in [4.69, 9.17) is 4.42 Å². The molecule has 0 spiro atoms. The molecular formula is C10H16O. The standard InChI is InChI=1S/C10H16O/c1-3-9(2)6-7-10-5-4-8-11-10/h4-5,8-9H,3,6-7H2,1-2H3. The van der Waals surface area contributed by atoms with Crippen LogP contribution >= 0.6 is 0 Å². The Morgan fingerprint density at radius 1 is 1.55 bits per heavy atom. The number of furan rings is 1. The van der Waals surface area contributed by atoms with Gasteiger partial charge in [-0.15, -0.1) is 0 Å². The quantitative estimate of drug-likeness (QED) is 0.645. The predicted molar refractivity (Wildman–Crippen MR) is 46.5 cm³/mol. The van der Waals surface area contributed by atoms with Gasteiger partial charge < -0.3 is 4.42 Å². The van der Waals surface area contributed by atoms with Crippen LogP contribution in [0.2, 0.25) is 0 Å². The van der Waals surface area contributed by atoms with Crippen molar-refractivity contribution in [1.82, 2.24) is 0 Å². The van der Waals surface area contributed by atoms with Crippen molar-refractivity contribution in [3.63, 3.8) is 0 Å². The van der Waals surface area contributed by atoms with Crippen molar-refractivity contribution in [1.29, 1.82) is 0 Å². The summed E-state index contributed by atoms with van der Waals surface area (Å²) < 4.78 is 5.23. The van der Waals surface area contributed by atoms with Crippen LogP contribution in [0, 0.1) is 5.92 Å². The summed E-state index contributed by atoms with van der Waals surface area (Å²) in [7, 11) is 0.